The highest BCUT2D eigenvalue weighted by molar-refractivity contribution is 6.08. The summed E-state index contributed by atoms with van der Waals surface area (Å²) in [4.78, 5) is 58.6. The Bertz CT molecular complexity index is 1110. The molecule has 1 unspecified atom stereocenters. The SMILES string of the molecule is Cc1ccc(N2CCN(c3ccc4c(c3)CN(C3CCC(=O)NC3=O)C4=O)C2=O)cn1. The van der Waals surface area contributed by atoms with Crippen LogP contribution in [-0.2, 0) is 16.1 Å². The van der Waals surface area contributed by atoms with E-state index in [1.807, 2.05) is 25.1 Å². The molecule has 1 aromatic heterocycles. The monoisotopic (exact) mass is 419 g/mol. The van der Waals surface area contributed by atoms with Crippen LogP contribution in [0.3, 0.4) is 0 Å². The van der Waals surface area contributed by atoms with Gasteiger partial charge in [-0.2, -0.15) is 0 Å². The van der Waals surface area contributed by atoms with Crippen LogP contribution >= 0.6 is 0 Å². The standard InChI is InChI=1S/C22H21N5O4/c1-13-2-3-16(11-23-13)26-9-8-25(22(26)31)15-4-5-17-14(10-15)12-27(21(17)30)18-6-7-19(28)24-20(18)29/h2-5,10-11,18H,6-9,12H2,1H3,(H,24,28,29). The largest absolute Gasteiger partial charge is 0.329 e. The summed E-state index contributed by atoms with van der Waals surface area (Å²) in [6.07, 6.45) is 2.23. The molecule has 3 aliphatic heterocycles. The molecule has 2 fully saturated rings. The molecule has 1 atom stereocenters. The van der Waals surface area contributed by atoms with E-state index in [1.54, 1.807) is 28.1 Å². The number of carbonyl (C=O) groups is 4. The predicted octanol–water partition coefficient (Wildman–Crippen LogP) is 1.60. The molecule has 31 heavy (non-hydrogen) atoms. The Hall–Kier alpha value is -3.75. The molecule has 0 bridgehead atoms. The fourth-order valence-electron chi connectivity index (χ4n) is 4.36. The summed E-state index contributed by atoms with van der Waals surface area (Å²) in [6.45, 7) is 3.24. The van der Waals surface area contributed by atoms with Gasteiger partial charge in [0.15, 0.2) is 0 Å². The number of amides is 5. The lowest BCUT2D eigenvalue weighted by molar-refractivity contribution is -0.136. The first-order valence-corrected chi connectivity index (χ1v) is 10.2. The summed E-state index contributed by atoms with van der Waals surface area (Å²) < 4.78 is 0. The van der Waals surface area contributed by atoms with Crippen LogP contribution in [0.25, 0.3) is 0 Å². The number of anilines is 2. The lowest BCUT2D eigenvalue weighted by atomic mass is 10.0. The summed E-state index contributed by atoms with van der Waals surface area (Å²) in [5, 5.41) is 2.30. The first-order valence-electron chi connectivity index (χ1n) is 10.2. The van der Waals surface area contributed by atoms with E-state index in [-0.39, 0.29) is 30.8 Å². The number of benzene rings is 1. The molecule has 1 aromatic carbocycles. The normalized spacial score (nSPS) is 21.1. The van der Waals surface area contributed by atoms with Gasteiger partial charge in [0, 0.05) is 43.0 Å². The third-order valence-electron chi connectivity index (χ3n) is 6.04. The van der Waals surface area contributed by atoms with Gasteiger partial charge < -0.3 is 4.90 Å². The van der Waals surface area contributed by atoms with E-state index >= 15 is 0 Å². The fraction of sp³-hybridized carbons (Fsp3) is 0.318. The third kappa shape index (κ3) is 3.22. The van der Waals surface area contributed by atoms with Crippen molar-refractivity contribution >= 4 is 35.1 Å². The van der Waals surface area contributed by atoms with E-state index in [2.05, 4.69) is 10.3 Å². The average molecular weight is 419 g/mol. The van der Waals surface area contributed by atoms with Crippen molar-refractivity contribution in [1.29, 1.82) is 0 Å². The molecule has 2 aromatic rings. The van der Waals surface area contributed by atoms with Crippen LogP contribution in [0, 0.1) is 6.92 Å². The zero-order valence-electron chi connectivity index (χ0n) is 17.0. The maximum Gasteiger partial charge on any atom is 0.329 e. The Morgan fingerprint density at radius 1 is 1.00 bits per heavy atom. The van der Waals surface area contributed by atoms with Gasteiger partial charge >= 0.3 is 6.03 Å². The molecule has 4 heterocycles. The number of urea groups is 1. The minimum atomic E-state index is -0.654. The van der Waals surface area contributed by atoms with E-state index < -0.39 is 11.9 Å². The average Bonchev–Trinajstić information content (AvgIpc) is 3.28. The molecule has 0 aliphatic carbocycles. The van der Waals surface area contributed by atoms with Gasteiger partial charge in [-0.3, -0.25) is 34.5 Å². The summed E-state index contributed by atoms with van der Waals surface area (Å²) >= 11 is 0. The topological polar surface area (TPSA) is 103 Å². The van der Waals surface area contributed by atoms with Gasteiger partial charge in [-0.05, 0) is 49.2 Å². The van der Waals surface area contributed by atoms with Gasteiger partial charge in [0.25, 0.3) is 5.91 Å². The molecule has 2 saturated heterocycles. The number of rotatable bonds is 3. The number of piperidine rings is 1. The zero-order chi connectivity index (χ0) is 21.7. The minimum Gasteiger partial charge on any atom is -0.322 e. The van der Waals surface area contributed by atoms with Crippen molar-refractivity contribution in [2.45, 2.75) is 32.4 Å². The molecule has 5 rings (SSSR count). The lowest BCUT2D eigenvalue weighted by Gasteiger charge is -2.29. The molecule has 0 spiro atoms. The van der Waals surface area contributed by atoms with E-state index in [0.717, 1.165) is 16.9 Å². The van der Waals surface area contributed by atoms with Crippen molar-refractivity contribution in [2.75, 3.05) is 22.9 Å². The van der Waals surface area contributed by atoms with Crippen LogP contribution in [0.15, 0.2) is 36.5 Å². The minimum absolute atomic E-state index is 0.142. The van der Waals surface area contributed by atoms with Gasteiger partial charge in [0.2, 0.25) is 11.8 Å². The molecule has 3 aliphatic rings. The number of nitrogens with one attached hydrogen (secondary N) is 1. The highest BCUT2D eigenvalue weighted by atomic mass is 16.2. The van der Waals surface area contributed by atoms with E-state index in [0.29, 0.717) is 30.8 Å². The van der Waals surface area contributed by atoms with Crippen molar-refractivity contribution in [3.63, 3.8) is 0 Å². The first-order chi connectivity index (χ1) is 14.9. The molecule has 1 N–H and O–H groups in total. The quantitative estimate of drug-likeness (QED) is 0.762. The molecule has 5 amide bonds. The summed E-state index contributed by atoms with van der Waals surface area (Å²) in [6, 6.07) is 8.27. The maximum absolute atomic E-state index is 13.0. The number of carbonyl (C=O) groups excluding carboxylic acids is 4. The molecular weight excluding hydrogens is 398 g/mol. The molecule has 9 heteroatoms. The van der Waals surface area contributed by atoms with Crippen LogP contribution < -0.4 is 15.1 Å². The molecule has 158 valence electrons. The van der Waals surface area contributed by atoms with Crippen LogP contribution in [0.5, 0.6) is 0 Å². The highest BCUT2D eigenvalue weighted by Crippen LogP contribution is 2.32. The zero-order valence-corrected chi connectivity index (χ0v) is 17.0. The van der Waals surface area contributed by atoms with Gasteiger partial charge in [0.05, 0.1) is 11.9 Å². The number of pyridine rings is 1. The van der Waals surface area contributed by atoms with Crippen LogP contribution in [-0.4, -0.2) is 52.8 Å². The molecule has 0 radical (unpaired) electrons. The summed E-state index contributed by atoms with van der Waals surface area (Å²) in [7, 11) is 0. The highest BCUT2D eigenvalue weighted by Gasteiger charge is 2.40. The number of aromatic nitrogens is 1. The van der Waals surface area contributed by atoms with Gasteiger partial charge in [-0.25, -0.2) is 4.79 Å². The number of hydrogen-bond acceptors (Lipinski definition) is 5. The van der Waals surface area contributed by atoms with Crippen LogP contribution in [0.1, 0.15) is 34.5 Å². The third-order valence-corrected chi connectivity index (χ3v) is 6.04. The number of nitrogens with zero attached hydrogens (tertiary/aromatic N) is 4. The smallest absolute Gasteiger partial charge is 0.322 e. The maximum atomic E-state index is 13.0. The lowest BCUT2D eigenvalue weighted by Crippen LogP contribution is -2.52. The van der Waals surface area contributed by atoms with Crippen molar-refractivity contribution in [3.8, 4) is 0 Å². The second-order valence-electron chi connectivity index (χ2n) is 7.99. The van der Waals surface area contributed by atoms with Crippen molar-refractivity contribution in [1.82, 2.24) is 15.2 Å². The summed E-state index contributed by atoms with van der Waals surface area (Å²) in [5.74, 6) is -0.973. The van der Waals surface area contributed by atoms with Crippen LogP contribution in [0.2, 0.25) is 0 Å². The molecule has 9 nitrogen and oxygen atoms in total. The Balaban J connectivity index is 1.36. The predicted molar refractivity (Wildman–Crippen MR) is 112 cm³/mol. The summed E-state index contributed by atoms with van der Waals surface area (Å²) in [5.41, 5.74) is 3.65. The Morgan fingerprint density at radius 3 is 2.45 bits per heavy atom. The van der Waals surface area contributed by atoms with Crippen LogP contribution in [0.4, 0.5) is 16.2 Å². The van der Waals surface area contributed by atoms with E-state index in [1.165, 1.54) is 4.90 Å². The molecular formula is C22H21N5O4. The van der Waals surface area contributed by atoms with Gasteiger partial charge in [-0.15, -0.1) is 0 Å². The van der Waals surface area contributed by atoms with Crippen molar-refractivity contribution < 1.29 is 19.2 Å². The molecule has 0 saturated carbocycles. The number of aryl methyl sites for hydroxylation is 1. The second kappa shape index (κ2) is 7.19. The number of hydrogen-bond donors (Lipinski definition) is 1. The first kappa shape index (κ1) is 19.2. The van der Waals surface area contributed by atoms with E-state index in [9.17, 15) is 19.2 Å². The number of fused-ring (bicyclic) bond motifs is 1. The number of imide groups is 1. The van der Waals surface area contributed by atoms with Gasteiger partial charge in [0.1, 0.15) is 6.04 Å². The second-order valence-corrected chi connectivity index (χ2v) is 7.99. The van der Waals surface area contributed by atoms with Crippen molar-refractivity contribution in [3.05, 3.63) is 53.3 Å². The van der Waals surface area contributed by atoms with Gasteiger partial charge in [-0.1, -0.05) is 0 Å². The Morgan fingerprint density at radius 2 is 1.74 bits per heavy atom. The Labute approximate surface area is 178 Å². The van der Waals surface area contributed by atoms with E-state index in [4.69, 9.17) is 0 Å². The van der Waals surface area contributed by atoms with Crippen molar-refractivity contribution in [2.24, 2.45) is 0 Å². The Kier molecular flexibility index (Phi) is 4.46. The fourth-order valence-corrected chi connectivity index (χ4v) is 4.36.